The molecule has 0 saturated carbocycles. The van der Waals surface area contributed by atoms with Gasteiger partial charge in [0.1, 0.15) is 42.9 Å². The molecular formula is C27H30O7. The lowest BCUT2D eigenvalue weighted by Gasteiger charge is -2.40. The summed E-state index contributed by atoms with van der Waals surface area (Å²) < 4.78 is 11.6. The van der Waals surface area contributed by atoms with Crippen molar-refractivity contribution in [2.75, 3.05) is 6.61 Å². The van der Waals surface area contributed by atoms with Crippen molar-refractivity contribution in [3.05, 3.63) is 101 Å². The minimum Gasteiger partial charge on any atom is -0.489 e. The monoisotopic (exact) mass is 466 g/mol. The van der Waals surface area contributed by atoms with Crippen molar-refractivity contribution < 1.29 is 35.0 Å². The van der Waals surface area contributed by atoms with Gasteiger partial charge in [-0.15, -0.1) is 0 Å². The predicted molar refractivity (Wildman–Crippen MR) is 125 cm³/mol. The summed E-state index contributed by atoms with van der Waals surface area (Å²) in [6.45, 7) is -0.324. The van der Waals surface area contributed by atoms with Crippen LogP contribution in [0.1, 0.15) is 33.9 Å². The maximum Gasteiger partial charge on any atom is 0.120 e. The summed E-state index contributed by atoms with van der Waals surface area (Å²) in [6.07, 6.45) is -5.78. The molecule has 3 aromatic carbocycles. The van der Waals surface area contributed by atoms with Gasteiger partial charge >= 0.3 is 0 Å². The highest BCUT2D eigenvalue weighted by atomic mass is 16.5. The van der Waals surface area contributed by atoms with Crippen LogP contribution in [-0.2, 0) is 24.4 Å². The molecule has 1 aliphatic rings. The third-order valence-electron chi connectivity index (χ3n) is 6.13. The summed E-state index contributed by atoms with van der Waals surface area (Å²) in [5.74, 6) is 0.752. The third-order valence-corrected chi connectivity index (χ3v) is 6.13. The molecule has 5 atom stereocenters. The Bertz CT molecular complexity index is 1070. The third kappa shape index (κ3) is 5.47. The molecule has 1 saturated heterocycles. The molecule has 1 heterocycles. The second kappa shape index (κ2) is 11.1. The van der Waals surface area contributed by atoms with Gasteiger partial charge in [-0.1, -0.05) is 60.7 Å². The number of aliphatic hydroxyl groups is 5. The van der Waals surface area contributed by atoms with E-state index in [1.165, 1.54) is 0 Å². The van der Waals surface area contributed by atoms with Gasteiger partial charge in [0.15, 0.2) is 0 Å². The Labute approximate surface area is 198 Å². The van der Waals surface area contributed by atoms with Crippen molar-refractivity contribution in [1.29, 1.82) is 0 Å². The first-order chi connectivity index (χ1) is 16.5. The van der Waals surface area contributed by atoms with Crippen LogP contribution in [0.3, 0.4) is 0 Å². The first-order valence-electron chi connectivity index (χ1n) is 11.3. The normalized spacial score (nSPS) is 24.7. The molecule has 5 N–H and O–H groups in total. The van der Waals surface area contributed by atoms with Crippen molar-refractivity contribution in [2.24, 2.45) is 0 Å². The Morgan fingerprint density at radius 2 is 1.47 bits per heavy atom. The maximum atomic E-state index is 10.5. The van der Waals surface area contributed by atoms with E-state index in [1.807, 2.05) is 66.7 Å². The molecule has 0 aromatic heterocycles. The predicted octanol–water partition coefficient (Wildman–Crippen LogP) is 1.86. The quantitative estimate of drug-likeness (QED) is 0.344. The number of benzene rings is 3. The van der Waals surface area contributed by atoms with Crippen molar-refractivity contribution in [1.82, 2.24) is 0 Å². The average molecular weight is 467 g/mol. The summed E-state index contributed by atoms with van der Waals surface area (Å²) in [4.78, 5) is 0. The maximum absolute atomic E-state index is 10.5. The van der Waals surface area contributed by atoms with Gasteiger partial charge in [-0.05, 0) is 46.4 Å². The molecule has 0 radical (unpaired) electrons. The van der Waals surface area contributed by atoms with E-state index in [0.29, 0.717) is 24.2 Å². The topological polar surface area (TPSA) is 120 Å². The lowest BCUT2D eigenvalue weighted by molar-refractivity contribution is -0.232. The number of ether oxygens (including phenoxy) is 2. The Kier molecular flexibility index (Phi) is 7.95. The number of rotatable bonds is 8. The molecule has 0 spiro atoms. The lowest BCUT2D eigenvalue weighted by Crippen LogP contribution is -2.55. The van der Waals surface area contributed by atoms with Crippen molar-refractivity contribution >= 4 is 0 Å². The van der Waals surface area contributed by atoms with E-state index in [1.54, 1.807) is 6.07 Å². The fraction of sp³-hybridized carbons (Fsp3) is 0.333. The zero-order chi connectivity index (χ0) is 24.1. The summed E-state index contributed by atoms with van der Waals surface area (Å²) in [5, 5.41) is 50.2. The smallest absolute Gasteiger partial charge is 0.120 e. The van der Waals surface area contributed by atoms with Gasteiger partial charge in [0, 0.05) is 0 Å². The lowest BCUT2D eigenvalue weighted by atomic mass is 9.88. The van der Waals surface area contributed by atoms with Gasteiger partial charge in [0.2, 0.25) is 0 Å². The van der Waals surface area contributed by atoms with E-state index in [-0.39, 0.29) is 6.61 Å². The highest BCUT2D eigenvalue weighted by Gasteiger charge is 2.44. The first-order valence-corrected chi connectivity index (χ1v) is 11.3. The SMILES string of the molecule is OCc1ccc(Cc2cccc(OCc3ccccc3)c2)cc1[C@@H]1O[C@H](CO)[C@@H](O)[C@H](O)[C@H]1O. The largest absolute Gasteiger partial charge is 0.489 e. The van der Waals surface area contributed by atoms with E-state index in [9.17, 15) is 25.5 Å². The van der Waals surface area contributed by atoms with Gasteiger partial charge in [-0.25, -0.2) is 0 Å². The van der Waals surface area contributed by atoms with E-state index in [2.05, 4.69) is 0 Å². The van der Waals surface area contributed by atoms with Crippen LogP contribution < -0.4 is 4.74 Å². The summed E-state index contributed by atoms with van der Waals surface area (Å²) in [5.41, 5.74) is 4.05. The van der Waals surface area contributed by atoms with Gasteiger partial charge in [0.25, 0.3) is 0 Å². The van der Waals surface area contributed by atoms with Crippen LogP contribution in [0.5, 0.6) is 5.75 Å². The molecule has 7 nitrogen and oxygen atoms in total. The van der Waals surface area contributed by atoms with Crippen LogP contribution in [0.25, 0.3) is 0 Å². The molecule has 0 amide bonds. The standard InChI is InChI=1S/C27H30O7/c28-14-20-10-9-19(13-22(20)27-26(32)25(31)24(30)23(15-29)34-27)11-18-7-4-8-21(12-18)33-16-17-5-2-1-3-6-17/h1-10,12-13,23-32H,11,14-16H2/t23-,24-,25+,26-,27+/m1/s1. The van der Waals surface area contributed by atoms with E-state index >= 15 is 0 Å². The van der Waals surface area contributed by atoms with Gasteiger partial charge in [-0.3, -0.25) is 0 Å². The highest BCUT2D eigenvalue weighted by molar-refractivity contribution is 5.39. The zero-order valence-electron chi connectivity index (χ0n) is 18.7. The first kappa shape index (κ1) is 24.3. The second-order valence-corrected chi connectivity index (χ2v) is 8.54. The minimum atomic E-state index is -1.48. The molecule has 0 aliphatic carbocycles. The highest BCUT2D eigenvalue weighted by Crippen LogP contribution is 2.35. The number of hydrogen-bond donors (Lipinski definition) is 5. The van der Waals surface area contributed by atoms with Crippen molar-refractivity contribution in [2.45, 2.75) is 50.2 Å². The number of hydrogen-bond acceptors (Lipinski definition) is 7. The van der Waals surface area contributed by atoms with Crippen LogP contribution >= 0.6 is 0 Å². The van der Waals surface area contributed by atoms with Crippen LogP contribution in [-0.4, -0.2) is 56.6 Å². The molecule has 180 valence electrons. The second-order valence-electron chi connectivity index (χ2n) is 8.54. The van der Waals surface area contributed by atoms with Crippen molar-refractivity contribution in [3.8, 4) is 5.75 Å². The Hall–Kier alpha value is -2.78. The summed E-state index contributed by atoms with van der Waals surface area (Å²) in [6, 6.07) is 23.2. The van der Waals surface area contributed by atoms with E-state index in [4.69, 9.17) is 9.47 Å². The van der Waals surface area contributed by atoms with Crippen LogP contribution in [0.4, 0.5) is 0 Å². The van der Waals surface area contributed by atoms with E-state index < -0.39 is 37.1 Å². The zero-order valence-corrected chi connectivity index (χ0v) is 18.7. The molecule has 3 aromatic rings. The average Bonchev–Trinajstić information content (AvgIpc) is 2.87. The fourth-order valence-electron chi connectivity index (χ4n) is 4.24. The molecular weight excluding hydrogens is 436 g/mol. The summed E-state index contributed by atoms with van der Waals surface area (Å²) in [7, 11) is 0. The minimum absolute atomic E-state index is 0.284. The Morgan fingerprint density at radius 3 is 2.21 bits per heavy atom. The Morgan fingerprint density at radius 1 is 0.735 bits per heavy atom. The van der Waals surface area contributed by atoms with E-state index in [0.717, 1.165) is 22.4 Å². The molecule has 1 aliphatic heterocycles. The number of aliphatic hydroxyl groups excluding tert-OH is 5. The Balaban J connectivity index is 1.53. The molecule has 0 bridgehead atoms. The van der Waals surface area contributed by atoms with Gasteiger partial charge in [-0.2, -0.15) is 0 Å². The molecule has 0 unspecified atom stereocenters. The fourth-order valence-corrected chi connectivity index (χ4v) is 4.24. The van der Waals surface area contributed by atoms with Gasteiger partial charge < -0.3 is 35.0 Å². The van der Waals surface area contributed by atoms with Crippen molar-refractivity contribution in [3.63, 3.8) is 0 Å². The van der Waals surface area contributed by atoms with Gasteiger partial charge in [0.05, 0.1) is 13.2 Å². The molecule has 1 fully saturated rings. The molecule has 34 heavy (non-hydrogen) atoms. The molecule has 4 rings (SSSR count). The van der Waals surface area contributed by atoms with Crippen LogP contribution in [0, 0.1) is 0 Å². The summed E-state index contributed by atoms with van der Waals surface area (Å²) >= 11 is 0. The van der Waals surface area contributed by atoms with Crippen LogP contribution in [0.15, 0.2) is 72.8 Å². The molecule has 7 heteroatoms. The van der Waals surface area contributed by atoms with Crippen LogP contribution in [0.2, 0.25) is 0 Å².